The van der Waals surface area contributed by atoms with Crippen molar-refractivity contribution in [2.75, 3.05) is 6.61 Å². The first-order valence-corrected chi connectivity index (χ1v) is 4.14. The molecule has 5 nitrogen and oxygen atoms in total. The summed E-state index contributed by atoms with van der Waals surface area (Å²) in [4.78, 5) is 11.8. The Kier molecular flexibility index (Phi) is 2.89. The summed E-state index contributed by atoms with van der Waals surface area (Å²) in [5, 5.41) is 12.7. The van der Waals surface area contributed by atoms with Gasteiger partial charge in [-0.1, -0.05) is 6.92 Å². The van der Waals surface area contributed by atoms with Crippen LogP contribution >= 0.6 is 0 Å². The summed E-state index contributed by atoms with van der Waals surface area (Å²) in [7, 11) is 0. The monoisotopic (exact) mass is 184 g/mol. The fraction of sp³-hybridized carbons (Fsp3) is 0.500. The zero-order valence-electron chi connectivity index (χ0n) is 7.65. The zero-order chi connectivity index (χ0) is 9.84. The molecule has 1 N–H and O–H groups in total. The minimum atomic E-state index is -0.509. The summed E-state index contributed by atoms with van der Waals surface area (Å²) >= 11 is 0. The summed E-state index contributed by atoms with van der Waals surface area (Å²) < 4.78 is 4.71. The van der Waals surface area contributed by atoms with Crippen LogP contribution in [0, 0.1) is 0 Å². The van der Waals surface area contributed by atoms with Gasteiger partial charge in [-0.2, -0.15) is 0 Å². The quantitative estimate of drug-likeness (QED) is 0.559. The fourth-order valence-corrected chi connectivity index (χ4v) is 0.959. The maximum Gasteiger partial charge on any atom is 0.358 e. The molecule has 0 amide bonds. The largest absolute Gasteiger partial charge is 0.461 e. The summed E-state index contributed by atoms with van der Waals surface area (Å²) in [5.74, 6) is -0.509. The van der Waals surface area contributed by atoms with Crippen LogP contribution in [-0.2, 0) is 11.2 Å². The molecule has 0 unspecified atom stereocenters. The molecule has 0 radical (unpaired) electrons. The molecular weight excluding hydrogens is 172 g/mol. The van der Waals surface area contributed by atoms with E-state index in [-0.39, 0.29) is 5.69 Å². The second kappa shape index (κ2) is 3.93. The van der Waals surface area contributed by atoms with Crippen molar-refractivity contribution >= 4 is 5.97 Å². The van der Waals surface area contributed by atoms with Crippen molar-refractivity contribution in [2.45, 2.75) is 20.3 Å². The molecule has 13 heavy (non-hydrogen) atoms. The first-order chi connectivity index (χ1) is 6.19. The molecule has 0 saturated heterocycles. The lowest BCUT2D eigenvalue weighted by molar-refractivity contribution is 0.0509. The molecule has 0 aliphatic rings. The maximum atomic E-state index is 11.1. The Balaban J connectivity index is 2.84. The summed E-state index contributed by atoms with van der Waals surface area (Å²) in [6.07, 6.45) is 0.614. The first kappa shape index (κ1) is 9.57. The topological polar surface area (TPSA) is 64.3 Å². The first-order valence-electron chi connectivity index (χ1n) is 4.14. The predicted octanol–water partition coefficient (Wildman–Crippen LogP) is 0.859. The number of hydrogen-bond donors (Lipinski definition) is 1. The number of aromatic nitrogens is 2. The number of hydrogen-bond acceptors (Lipinski definition) is 4. The molecule has 1 heterocycles. The van der Waals surface area contributed by atoms with E-state index in [0.717, 1.165) is 0 Å². The number of carbonyl (C=O) groups is 1. The average molecular weight is 184 g/mol. The predicted molar refractivity (Wildman–Crippen MR) is 44.7 cm³/mol. The van der Waals surface area contributed by atoms with Crippen molar-refractivity contribution in [3.05, 3.63) is 17.5 Å². The number of ether oxygens (including phenoxy) is 1. The lowest BCUT2D eigenvalue weighted by Crippen LogP contribution is -2.06. The van der Waals surface area contributed by atoms with Gasteiger partial charge in [-0.25, -0.2) is 4.79 Å². The van der Waals surface area contributed by atoms with Crippen molar-refractivity contribution in [3.8, 4) is 0 Å². The molecule has 0 saturated carbocycles. The van der Waals surface area contributed by atoms with E-state index in [4.69, 9.17) is 9.94 Å². The third-order valence-corrected chi connectivity index (χ3v) is 1.61. The molecule has 1 rings (SSSR count). The van der Waals surface area contributed by atoms with Crippen LogP contribution in [0.5, 0.6) is 0 Å². The molecule has 1 aromatic rings. The van der Waals surface area contributed by atoms with Crippen molar-refractivity contribution in [1.82, 2.24) is 9.94 Å². The standard InChI is InChI=1S/C8H12N2O3/c1-3-6-5-7(9-10(6)12)8(11)13-4-2/h5,12H,3-4H2,1-2H3. The summed E-state index contributed by atoms with van der Waals surface area (Å²) in [6.45, 7) is 3.88. The smallest absolute Gasteiger partial charge is 0.358 e. The van der Waals surface area contributed by atoms with Gasteiger partial charge in [-0.15, -0.1) is 9.94 Å². The molecule has 0 spiro atoms. The molecule has 72 valence electrons. The highest BCUT2D eigenvalue weighted by molar-refractivity contribution is 5.87. The Labute approximate surface area is 75.9 Å². The Morgan fingerprint density at radius 1 is 1.69 bits per heavy atom. The zero-order valence-corrected chi connectivity index (χ0v) is 7.65. The van der Waals surface area contributed by atoms with E-state index in [9.17, 15) is 4.79 Å². The Bertz CT molecular complexity index is 306. The van der Waals surface area contributed by atoms with Crippen LogP contribution in [-0.4, -0.2) is 27.7 Å². The average Bonchev–Trinajstić information content (AvgIpc) is 2.47. The van der Waals surface area contributed by atoms with E-state index in [1.54, 1.807) is 6.92 Å². The lowest BCUT2D eigenvalue weighted by atomic mass is 10.3. The van der Waals surface area contributed by atoms with Gasteiger partial charge in [-0.05, 0) is 19.4 Å². The SMILES string of the molecule is CCOC(=O)c1cc(CC)n(O)n1. The molecule has 5 heteroatoms. The summed E-state index contributed by atoms with van der Waals surface area (Å²) in [5.41, 5.74) is 0.726. The molecule has 0 fully saturated rings. The van der Waals surface area contributed by atoms with Crippen LogP contribution in [0.15, 0.2) is 6.07 Å². The van der Waals surface area contributed by atoms with Gasteiger partial charge in [0.15, 0.2) is 5.69 Å². The highest BCUT2D eigenvalue weighted by atomic mass is 16.5. The highest BCUT2D eigenvalue weighted by Crippen LogP contribution is 2.04. The van der Waals surface area contributed by atoms with E-state index in [1.807, 2.05) is 6.92 Å². The van der Waals surface area contributed by atoms with Gasteiger partial charge < -0.3 is 9.94 Å². The molecule has 1 aromatic heterocycles. The molecular formula is C8H12N2O3. The van der Waals surface area contributed by atoms with Crippen LogP contribution in [0.2, 0.25) is 0 Å². The number of aryl methyl sites for hydroxylation is 1. The molecule has 0 aliphatic carbocycles. The fourth-order valence-electron chi connectivity index (χ4n) is 0.959. The third kappa shape index (κ3) is 1.99. The van der Waals surface area contributed by atoms with E-state index >= 15 is 0 Å². The van der Waals surface area contributed by atoms with Crippen LogP contribution in [0.4, 0.5) is 0 Å². The maximum absolute atomic E-state index is 11.1. The van der Waals surface area contributed by atoms with Crippen LogP contribution in [0.3, 0.4) is 0 Å². The number of esters is 1. The summed E-state index contributed by atoms with van der Waals surface area (Å²) in [6, 6.07) is 1.51. The normalized spacial score (nSPS) is 10.0. The molecule has 0 bridgehead atoms. The molecule has 0 aliphatic heterocycles. The molecule has 0 atom stereocenters. The Morgan fingerprint density at radius 3 is 2.85 bits per heavy atom. The minimum absolute atomic E-state index is 0.140. The van der Waals surface area contributed by atoms with E-state index < -0.39 is 5.97 Å². The van der Waals surface area contributed by atoms with Gasteiger partial charge in [0, 0.05) is 0 Å². The van der Waals surface area contributed by atoms with E-state index in [0.29, 0.717) is 23.6 Å². The second-order valence-electron chi connectivity index (χ2n) is 2.48. The van der Waals surface area contributed by atoms with Crippen LogP contribution in [0.1, 0.15) is 30.0 Å². The van der Waals surface area contributed by atoms with Crippen LogP contribution < -0.4 is 0 Å². The third-order valence-electron chi connectivity index (χ3n) is 1.61. The highest BCUT2D eigenvalue weighted by Gasteiger charge is 2.13. The van der Waals surface area contributed by atoms with Crippen molar-refractivity contribution in [3.63, 3.8) is 0 Å². The van der Waals surface area contributed by atoms with Crippen molar-refractivity contribution < 1.29 is 14.7 Å². The van der Waals surface area contributed by atoms with E-state index in [1.165, 1.54) is 6.07 Å². The van der Waals surface area contributed by atoms with Gasteiger partial charge in [0.05, 0.1) is 12.3 Å². The number of rotatable bonds is 3. The van der Waals surface area contributed by atoms with Gasteiger partial charge in [0.1, 0.15) is 0 Å². The van der Waals surface area contributed by atoms with E-state index in [2.05, 4.69) is 5.10 Å². The van der Waals surface area contributed by atoms with Crippen molar-refractivity contribution in [1.29, 1.82) is 0 Å². The minimum Gasteiger partial charge on any atom is -0.461 e. The van der Waals surface area contributed by atoms with Gasteiger partial charge in [0.2, 0.25) is 0 Å². The lowest BCUT2D eigenvalue weighted by Gasteiger charge is -1.95. The van der Waals surface area contributed by atoms with Crippen LogP contribution in [0.25, 0.3) is 0 Å². The van der Waals surface area contributed by atoms with Gasteiger partial charge in [-0.3, -0.25) is 0 Å². The number of carbonyl (C=O) groups excluding carboxylic acids is 1. The Hall–Kier alpha value is -1.52. The number of nitrogens with zero attached hydrogens (tertiary/aromatic N) is 2. The van der Waals surface area contributed by atoms with Gasteiger partial charge >= 0.3 is 5.97 Å². The van der Waals surface area contributed by atoms with Crippen molar-refractivity contribution in [2.24, 2.45) is 0 Å². The second-order valence-corrected chi connectivity index (χ2v) is 2.48. The Morgan fingerprint density at radius 2 is 2.38 bits per heavy atom. The molecule has 0 aromatic carbocycles. The van der Waals surface area contributed by atoms with Gasteiger partial charge in [0.25, 0.3) is 0 Å².